The fraction of sp³-hybridized carbons (Fsp3) is 0.632. The van der Waals surface area contributed by atoms with Crippen LogP contribution in [0.1, 0.15) is 26.7 Å². The smallest absolute Gasteiger partial charge is 0.191 e. The minimum atomic E-state index is -2.96. The monoisotopic (exact) mass is 415 g/mol. The predicted molar refractivity (Wildman–Crippen MR) is 113 cm³/mol. The molecule has 0 bridgehead atoms. The van der Waals surface area contributed by atoms with Gasteiger partial charge in [-0.3, -0.25) is 4.99 Å². The Labute approximate surface area is 168 Å². The van der Waals surface area contributed by atoms with Crippen LogP contribution in [-0.4, -0.2) is 66.3 Å². The number of hydrogen-bond donors (Lipinski definition) is 2. The highest BCUT2D eigenvalue weighted by Gasteiger charge is 2.09. The first-order chi connectivity index (χ1) is 13.3. The van der Waals surface area contributed by atoms with Crippen molar-refractivity contribution < 1.29 is 22.6 Å². The summed E-state index contributed by atoms with van der Waals surface area (Å²) >= 11 is 0. The van der Waals surface area contributed by atoms with Crippen molar-refractivity contribution >= 4 is 15.8 Å². The average molecular weight is 416 g/mol. The lowest BCUT2D eigenvalue weighted by atomic mass is 10.3. The molecule has 0 aliphatic heterocycles. The lowest BCUT2D eigenvalue weighted by Crippen LogP contribution is -2.43. The van der Waals surface area contributed by atoms with Gasteiger partial charge < -0.3 is 24.8 Å². The SMILES string of the molecule is CCNC(=NCCCOc1cc(OC)cc(OC)c1)NC(C)CCS(C)(=O)=O. The minimum absolute atomic E-state index is 0.00743. The normalized spacial score (nSPS) is 13.0. The average Bonchev–Trinajstić information content (AvgIpc) is 2.65. The second-order valence-corrected chi connectivity index (χ2v) is 8.73. The summed E-state index contributed by atoms with van der Waals surface area (Å²) in [6, 6.07) is 5.41. The zero-order chi connectivity index (χ0) is 21.0. The zero-order valence-electron chi connectivity index (χ0n) is 17.4. The molecule has 0 heterocycles. The fourth-order valence-electron chi connectivity index (χ4n) is 2.33. The first-order valence-corrected chi connectivity index (χ1v) is 11.4. The Morgan fingerprint density at radius 2 is 1.75 bits per heavy atom. The van der Waals surface area contributed by atoms with Crippen molar-refractivity contribution in [3.8, 4) is 17.2 Å². The molecule has 0 spiro atoms. The number of methoxy groups -OCH3 is 2. The molecule has 1 aromatic carbocycles. The number of hydrogen-bond acceptors (Lipinski definition) is 6. The number of aliphatic imine (C=N–C) groups is 1. The number of nitrogens with one attached hydrogen (secondary N) is 2. The van der Waals surface area contributed by atoms with E-state index in [2.05, 4.69) is 15.6 Å². The molecule has 1 aromatic rings. The van der Waals surface area contributed by atoms with Crippen molar-refractivity contribution in [2.75, 3.05) is 45.9 Å². The van der Waals surface area contributed by atoms with Crippen LogP contribution in [0.3, 0.4) is 0 Å². The minimum Gasteiger partial charge on any atom is -0.496 e. The highest BCUT2D eigenvalue weighted by molar-refractivity contribution is 7.90. The second kappa shape index (κ2) is 12.3. The summed E-state index contributed by atoms with van der Waals surface area (Å²) in [5, 5.41) is 6.39. The summed E-state index contributed by atoms with van der Waals surface area (Å²) in [6.07, 6.45) is 2.51. The Morgan fingerprint density at radius 3 is 2.29 bits per heavy atom. The van der Waals surface area contributed by atoms with Crippen LogP contribution in [0.5, 0.6) is 17.2 Å². The number of sulfone groups is 1. The molecule has 0 saturated carbocycles. The molecule has 0 saturated heterocycles. The molecule has 2 N–H and O–H groups in total. The van der Waals surface area contributed by atoms with Gasteiger partial charge in [-0.15, -0.1) is 0 Å². The Bertz CT molecular complexity index is 700. The Hall–Kier alpha value is -2.16. The van der Waals surface area contributed by atoms with Crippen LogP contribution in [0.2, 0.25) is 0 Å². The van der Waals surface area contributed by atoms with E-state index in [-0.39, 0.29) is 11.8 Å². The molecule has 1 rings (SSSR count). The van der Waals surface area contributed by atoms with Gasteiger partial charge in [0.1, 0.15) is 27.1 Å². The molecule has 0 fully saturated rings. The van der Waals surface area contributed by atoms with E-state index in [4.69, 9.17) is 14.2 Å². The Balaban J connectivity index is 2.47. The quantitative estimate of drug-likeness (QED) is 0.305. The number of rotatable bonds is 12. The van der Waals surface area contributed by atoms with Crippen LogP contribution >= 0.6 is 0 Å². The third kappa shape index (κ3) is 10.2. The standard InChI is InChI=1S/C19H33N3O5S/c1-6-20-19(22-15(2)8-11-28(5,23)24)21-9-7-10-27-18-13-16(25-3)12-17(14-18)26-4/h12-15H,6-11H2,1-5H3,(H2,20,21,22). The highest BCUT2D eigenvalue weighted by Crippen LogP contribution is 2.27. The molecule has 9 heteroatoms. The van der Waals surface area contributed by atoms with Crippen LogP contribution in [0.4, 0.5) is 0 Å². The van der Waals surface area contributed by atoms with E-state index in [1.54, 1.807) is 32.4 Å². The van der Waals surface area contributed by atoms with Crippen molar-refractivity contribution in [1.29, 1.82) is 0 Å². The Morgan fingerprint density at radius 1 is 1.14 bits per heavy atom. The molecule has 160 valence electrons. The van der Waals surface area contributed by atoms with Gasteiger partial charge in [0, 0.05) is 50.0 Å². The number of ether oxygens (including phenoxy) is 3. The molecule has 1 unspecified atom stereocenters. The van der Waals surface area contributed by atoms with Gasteiger partial charge in [0.2, 0.25) is 0 Å². The summed E-state index contributed by atoms with van der Waals surface area (Å²) in [5.41, 5.74) is 0. The molecule has 8 nitrogen and oxygen atoms in total. The lowest BCUT2D eigenvalue weighted by Gasteiger charge is -2.17. The van der Waals surface area contributed by atoms with Crippen molar-refractivity contribution in [3.63, 3.8) is 0 Å². The van der Waals surface area contributed by atoms with Gasteiger partial charge in [-0.05, 0) is 20.3 Å². The van der Waals surface area contributed by atoms with Crippen LogP contribution in [0.25, 0.3) is 0 Å². The van der Waals surface area contributed by atoms with Gasteiger partial charge in [0.25, 0.3) is 0 Å². The first-order valence-electron chi connectivity index (χ1n) is 9.35. The lowest BCUT2D eigenvalue weighted by molar-refractivity contribution is 0.307. The van der Waals surface area contributed by atoms with E-state index in [0.29, 0.717) is 42.8 Å². The molecule has 0 aliphatic carbocycles. The van der Waals surface area contributed by atoms with Crippen LogP contribution in [0, 0.1) is 0 Å². The summed E-state index contributed by atoms with van der Waals surface area (Å²) in [4.78, 5) is 4.51. The molecule has 0 radical (unpaired) electrons. The maximum Gasteiger partial charge on any atom is 0.191 e. The van der Waals surface area contributed by atoms with E-state index < -0.39 is 9.84 Å². The second-order valence-electron chi connectivity index (χ2n) is 6.47. The summed E-state index contributed by atoms with van der Waals surface area (Å²) in [5.74, 6) is 2.85. The van der Waals surface area contributed by atoms with Crippen molar-refractivity contribution in [3.05, 3.63) is 18.2 Å². The van der Waals surface area contributed by atoms with Crippen LogP contribution in [0.15, 0.2) is 23.2 Å². The van der Waals surface area contributed by atoms with Gasteiger partial charge in [-0.2, -0.15) is 0 Å². The van der Waals surface area contributed by atoms with Crippen LogP contribution < -0.4 is 24.8 Å². The van der Waals surface area contributed by atoms with Gasteiger partial charge in [-0.25, -0.2) is 8.42 Å². The van der Waals surface area contributed by atoms with E-state index >= 15 is 0 Å². The molecular weight excluding hydrogens is 382 g/mol. The van der Waals surface area contributed by atoms with E-state index in [1.165, 1.54) is 6.26 Å². The maximum atomic E-state index is 11.3. The number of benzene rings is 1. The fourth-order valence-corrected chi connectivity index (χ4v) is 3.11. The van der Waals surface area contributed by atoms with Gasteiger partial charge in [0.15, 0.2) is 5.96 Å². The van der Waals surface area contributed by atoms with Crippen LogP contribution in [-0.2, 0) is 9.84 Å². The summed E-state index contributed by atoms with van der Waals surface area (Å²) in [7, 11) is 0.231. The van der Waals surface area contributed by atoms with Crippen molar-refractivity contribution in [2.24, 2.45) is 4.99 Å². The third-order valence-corrected chi connectivity index (χ3v) is 4.79. The molecule has 0 aromatic heterocycles. The summed E-state index contributed by atoms with van der Waals surface area (Å²) in [6.45, 7) is 5.73. The zero-order valence-corrected chi connectivity index (χ0v) is 18.3. The largest absolute Gasteiger partial charge is 0.496 e. The highest BCUT2D eigenvalue weighted by atomic mass is 32.2. The van der Waals surface area contributed by atoms with Gasteiger partial charge in [0.05, 0.1) is 26.6 Å². The molecular formula is C19H33N3O5S. The number of nitrogens with zero attached hydrogens (tertiary/aromatic N) is 1. The van der Waals surface area contributed by atoms with E-state index in [9.17, 15) is 8.42 Å². The van der Waals surface area contributed by atoms with E-state index in [0.717, 1.165) is 13.0 Å². The van der Waals surface area contributed by atoms with E-state index in [1.807, 2.05) is 13.8 Å². The van der Waals surface area contributed by atoms with Crippen molar-refractivity contribution in [1.82, 2.24) is 10.6 Å². The topological polar surface area (TPSA) is 98.2 Å². The molecule has 0 aliphatic rings. The third-order valence-electron chi connectivity index (χ3n) is 3.82. The van der Waals surface area contributed by atoms with Crippen molar-refractivity contribution in [2.45, 2.75) is 32.7 Å². The number of guanidine groups is 1. The van der Waals surface area contributed by atoms with Gasteiger partial charge in [-0.1, -0.05) is 0 Å². The molecule has 28 heavy (non-hydrogen) atoms. The maximum absolute atomic E-state index is 11.3. The molecule has 1 atom stereocenters. The summed E-state index contributed by atoms with van der Waals surface area (Å²) < 4.78 is 38.8. The first kappa shape index (κ1) is 23.9. The predicted octanol–water partition coefficient (Wildman–Crippen LogP) is 1.85. The molecule has 0 amide bonds. The Kier molecular flexibility index (Phi) is 10.5. The van der Waals surface area contributed by atoms with Gasteiger partial charge >= 0.3 is 0 Å².